The minimum atomic E-state index is -0.185. The molecular weight excluding hydrogens is 436 g/mol. The number of para-hydroxylation sites is 1. The number of methoxy groups -OCH3 is 1. The summed E-state index contributed by atoms with van der Waals surface area (Å²) in [5.74, 6) is 1.40. The molecule has 1 N–H and O–H groups in total. The predicted molar refractivity (Wildman–Crippen MR) is 129 cm³/mol. The fourth-order valence-corrected chi connectivity index (χ4v) is 4.71. The van der Waals surface area contributed by atoms with Crippen molar-refractivity contribution in [2.45, 2.75) is 19.4 Å². The topological polar surface area (TPSA) is 80.0 Å². The molecule has 0 saturated carbocycles. The van der Waals surface area contributed by atoms with Crippen LogP contribution in [-0.4, -0.2) is 23.7 Å². The summed E-state index contributed by atoms with van der Waals surface area (Å²) in [5.41, 5.74) is 3.33. The lowest BCUT2D eigenvalue weighted by Gasteiger charge is -2.18. The Bertz CT molecular complexity index is 1280. The molecule has 3 heterocycles. The van der Waals surface area contributed by atoms with Gasteiger partial charge in [0.15, 0.2) is 0 Å². The lowest BCUT2D eigenvalue weighted by Crippen LogP contribution is -2.17. The Hall–Kier alpha value is -3.91. The molecule has 7 nitrogen and oxygen atoms in total. The Labute approximate surface area is 195 Å². The number of benzene rings is 2. The van der Waals surface area contributed by atoms with E-state index in [2.05, 4.69) is 10.3 Å². The zero-order valence-electron chi connectivity index (χ0n) is 18.2. The van der Waals surface area contributed by atoms with E-state index in [1.54, 1.807) is 13.4 Å². The van der Waals surface area contributed by atoms with Crippen molar-refractivity contribution in [2.24, 2.45) is 5.10 Å². The van der Waals surface area contributed by atoms with E-state index in [1.165, 1.54) is 11.3 Å². The minimum Gasteiger partial charge on any atom is -0.497 e. The Balaban J connectivity index is 1.46. The van der Waals surface area contributed by atoms with Crippen molar-refractivity contribution in [1.82, 2.24) is 4.98 Å². The van der Waals surface area contributed by atoms with E-state index in [-0.39, 0.29) is 11.9 Å². The molecule has 1 unspecified atom stereocenters. The highest BCUT2D eigenvalue weighted by molar-refractivity contribution is 7.17. The van der Waals surface area contributed by atoms with E-state index < -0.39 is 0 Å². The zero-order valence-corrected chi connectivity index (χ0v) is 19.0. The number of hydrogen-bond donors (Lipinski definition) is 1. The fraction of sp³-hybridized carbons (Fsp3) is 0.160. The maximum absolute atomic E-state index is 12.9. The van der Waals surface area contributed by atoms with E-state index in [1.807, 2.05) is 78.7 Å². The second kappa shape index (κ2) is 8.91. The molecule has 0 spiro atoms. The van der Waals surface area contributed by atoms with Crippen LogP contribution in [0, 0.1) is 6.92 Å². The number of nitrogens with zero attached hydrogens (tertiary/aromatic N) is 3. The Morgan fingerprint density at radius 2 is 1.91 bits per heavy atom. The van der Waals surface area contributed by atoms with Gasteiger partial charge in [-0.3, -0.25) is 4.79 Å². The van der Waals surface area contributed by atoms with Crippen LogP contribution in [0.3, 0.4) is 0 Å². The molecule has 1 aliphatic rings. The molecule has 0 saturated heterocycles. The predicted octanol–water partition coefficient (Wildman–Crippen LogP) is 5.66. The molecule has 1 atom stereocenters. The second-order valence-electron chi connectivity index (χ2n) is 7.59. The van der Waals surface area contributed by atoms with Gasteiger partial charge in [0.05, 0.1) is 24.8 Å². The zero-order chi connectivity index (χ0) is 22.8. The fourth-order valence-electron chi connectivity index (χ4n) is 3.75. The molecule has 1 aliphatic heterocycles. The number of furan rings is 1. The summed E-state index contributed by atoms with van der Waals surface area (Å²) >= 11 is 1.32. The van der Waals surface area contributed by atoms with Gasteiger partial charge in [-0.05, 0) is 61.0 Å². The van der Waals surface area contributed by atoms with Crippen LogP contribution in [0.4, 0.5) is 10.8 Å². The summed E-state index contributed by atoms with van der Waals surface area (Å²) in [4.78, 5) is 18.1. The van der Waals surface area contributed by atoms with Gasteiger partial charge in [0, 0.05) is 12.1 Å². The summed E-state index contributed by atoms with van der Waals surface area (Å²) in [5, 5.41) is 10.3. The number of aromatic nitrogens is 1. The average molecular weight is 459 g/mol. The normalized spacial score (nSPS) is 15.4. The lowest BCUT2D eigenvalue weighted by molar-refractivity contribution is 0.103. The van der Waals surface area contributed by atoms with Crippen LogP contribution in [0.5, 0.6) is 5.75 Å². The third-order valence-corrected chi connectivity index (χ3v) is 6.57. The van der Waals surface area contributed by atoms with Gasteiger partial charge in [-0.1, -0.05) is 29.5 Å². The number of carbonyl (C=O) groups is 1. The van der Waals surface area contributed by atoms with Gasteiger partial charge < -0.3 is 14.5 Å². The number of hydrogen-bond acceptors (Lipinski definition) is 7. The van der Waals surface area contributed by atoms with Crippen molar-refractivity contribution >= 4 is 33.8 Å². The van der Waals surface area contributed by atoms with Crippen LogP contribution in [-0.2, 0) is 0 Å². The summed E-state index contributed by atoms with van der Waals surface area (Å²) in [7, 11) is 1.65. The maximum atomic E-state index is 12.9. The number of amides is 1. The monoisotopic (exact) mass is 458 g/mol. The smallest absolute Gasteiger partial charge is 0.267 e. The van der Waals surface area contributed by atoms with Gasteiger partial charge in [-0.25, -0.2) is 9.99 Å². The molecule has 0 radical (unpaired) electrons. The number of nitrogens with one attached hydrogen (secondary N) is 1. The summed E-state index contributed by atoms with van der Waals surface area (Å²) in [6.45, 7) is 1.84. The number of ether oxygens (including phenoxy) is 1. The van der Waals surface area contributed by atoms with Crippen molar-refractivity contribution in [3.05, 3.63) is 94.9 Å². The van der Waals surface area contributed by atoms with E-state index in [0.29, 0.717) is 22.1 Å². The van der Waals surface area contributed by atoms with Gasteiger partial charge in [0.1, 0.15) is 22.4 Å². The standard InChI is InChI=1S/C25H22N4O3S/c1-16-23(24(30)27-18-7-4-3-5-8-18)33-25(26-16)29-21(22-9-6-14-32-22)15-20(28-29)17-10-12-19(31-2)13-11-17/h3-14,21H,15H2,1-2H3,(H,27,30). The van der Waals surface area contributed by atoms with Crippen LogP contribution in [0.1, 0.15) is 39.2 Å². The van der Waals surface area contributed by atoms with Crippen LogP contribution < -0.4 is 15.1 Å². The van der Waals surface area contributed by atoms with Crippen molar-refractivity contribution in [1.29, 1.82) is 0 Å². The highest BCUT2D eigenvalue weighted by Crippen LogP contribution is 2.39. The maximum Gasteiger partial charge on any atom is 0.267 e. The molecule has 166 valence electrons. The summed E-state index contributed by atoms with van der Waals surface area (Å²) in [6, 6.07) is 20.9. The molecule has 4 aromatic rings. The molecule has 33 heavy (non-hydrogen) atoms. The third kappa shape index (κ3) is 4.25. The molecule has 0 aliphatic carbocycles. The van der Waals surface area contributed by atoms with Crippen molar-refractivity contribution in [2.75, 3.05) is 17.4 Å². The van der Waals surface area contributed by atoms with E-state index in [9.17, 15) is 4.79 Å². The first-order chi connectivity index (χ1) is 16.1. The van der Waals surface area contributed by atoms with Crippen molar-refractivity contribution in [3.63, 3.8) is 0 Å². The number of rotatable bonds is 6. The molecule has 5 rings (SSSR count). The molecule has 8 heteroatoms. The van der Waals surface area contributed by atoms with Gasteiger partial charge in [-0.2, -0.15) is 5.10 Å². The highest BCUT2D eigenvalue weighted by atomic mass is 32.1. The number of anilines is 2. The Kier molecular flexibility index (Phi) is 5.66. The van der Waals surface area contributed by atoms with Crippen LogP contribution >= 0.6 is 11.3 Å². The Morgan fingerprint density at radius 1 is 1.12 bits per heavy atom. The summed E-state index contributed by atoms with van der Waals surface area (Å²) in [6.07, 6.45) is 2.31. The van der Waals surface area contributed by atoms with Crippen LogP contribution in [0.15, 0.2) is 82.5 Å². The van der Waals surface area contributed by atoms with E-state index in [4.69, 9.17) is 14.3 Å². The first kappa shape index (κ1) is 21.0. The molecule has 2 aromatic heterocycles. The van der Waals surface area contributed by atoms with Crippen molar-refractivity contribution < 1.29 is 13.9 Å². The quantitative estimate of drug-likeness (QED) is 0.403. The first-order valence-electron chi connectivity index (χ1n) is 10.5. The van der Waals surface area contributed by atoms with Crippen molar-refractivity contribution in [3.8, 4) is 5.75 Å². The lowest BCUT2D eigenvalue weighted by atomic mass is 10.0. The molecule has 0 bridgehead atoms. The largest absolute Gasteiger partial charge is 0.497 e. The molecule has 2 aromatic carbocycles. The number of aryl methyl sites for hydroxylation is 1. The van der Waals surface area contributed by atoms with Gasteiger partial charge in [-0.15, -0.1) is 0 Å². The first-order valence-corrected chi connectivity index (χ1v) is 11.3. The number of hydrazone groups is 1. The minimum absolute atomic E-state index is 0.146. The van der Waals surface area contributed by atoms with Gasteiger partial charge in [0.25, 0.3) is 5.91 Å². The highest BCUT2D eigenvalue weighted by Gasteiger charge is 2.34. The number of carbonyl (C=O) groups excluding carboxylic acids is 1. The van der Waals surface area contributed by atoms with E-state index >= 15 is 0 Å². The SMILES string of the molecule is COc1ccc(C2=NN(c3nc(C)c(C(=O)Nc4ccccc4)s3)C(c3ccco3)C2)cc1. The third-order valence-electron chi connectivity index (χ3n) is 5.42. The van der Waals surface area contributed by atoms with Gasteiger partial charge in [0.2, 0.25) is 5.13 Å². The van der Waals surface area contributed by atoms with E-state index in [0.717, 1.165) is 28.5 Å². The molecular formula is C25H22N4O3S. The Morgan fingerprint density at radius 3 is 2.61 bits per heavy atom. The molecule has 1 amide bonds. The number of thiazole rings is 1. The summed E-state index contributed by atoms with van der Waals surface area (Å²) < 4.78 is 11.0. The van der Waals surface area contributed by atoms with Gasteiger partial charge >= 0.3 is 0 Å². The van der Waals surface area contributed by atoms with Crippen LogP contribution in [0.2, 0.25) is 0 Å². The second-order valence-corrected chi connectivity index (χ2v) is 8.56. The van der Waals surface area contributed by atoms with Crippen LogP contribution in [0.25, 0.3) is 0 Å². The molecule has 0 fully saturated rings. The average Bonchev–Trinajstić information content (AvgIpc) is 3.59.